The number of anilines is 2. The average molecular weight is 463 g/mol. The molecule has 3 aromatic carbocycles. The molecule has 33 heavy (non-hydrogen) atoms. The molecule has 8 heteroatoms. The first kappa shape index (κ1) is 22.1. The molecule has 0 atom stereocenters. The Morgan fingerprint density at radius 1 is 0.879 bits per heavy atom. The normalized spacial score (nSPS) is 13.3. The Bertz CT molecular complexity index is 1220. The van der Waals surface area contributed by atoms with Gasteiger partial charge < -0.3 is 14.8 Å². The summed E-state index contributed by atoms with van der Waals surface area (Å²) in [5.41, 5.74) is 1.18. The Morgan fingerprint density at radius 2 is 1.52 bits per heavy atom. The summed E-state index contributed by atoms with van der Waals surface area (Å²) in [7, 11) is 0. The number of para-hydroxylation sites is 1. The van der Waals surface area contributed by atoms with Gasteiger partial charge in [0.25, 0.3) is 11.8 Å². The average Bonchev–Trinajstić information content (AvgIpc) is 3.04. The smallest absolute Gasteiger partial charge is 0.338 e. The summed E-state index contributed by atoms with van der Waals surface area (Å²) < 4.78 is 10.7. The van der Waals surface area contributed by atoms with Crippen molar-refractivity contribution in [3.05, 3.63) is 95.2 Å². The van der Waals surface area contributed by atoms with Gasteiger partial charge in [0, 0.05) is 5.69 Å². The number of nitrogens with one attached hydrogen (secondary N) is 1. The predicted octanol–water partition coefficient (Wildman–Crippen LogP) is 5.09. The number of amides is 2. The van der Waals surface area contributed by atoms with Crippen molar-refractivity contribution in [1.29, 1.82) is 0 Å². The summed E-state index contributed by atoms with van der Waals surface area (Å²) in [5.74, 6) is -0.439. The molecule has 3 aromatic rings. The van der Waals surface area contributed by atoms with Crippen molar-refractivity contribution < 1.29 is 23.9 Å². The van der Waals surface area contributed by atoms with E-state index in [1.165, 1.54) is 0 Å². The van der Waals surface area contributed by atoms with Crippen LogP contribution in [0.15, 0.2) is 89.6 Å². The molecule has 2 amide bonds. The first-order valence-corrected chi connectivity index (χ1v) is 10.5. The zero-order chi connectivity index (χ0) is 23.4. The van der Waals surface area contributed by atoms with E-state index in [0.29, 0.717) is 28.4 Å². The molecule has 1 heterocycles. The van der Waals surface area contributed by atoms with Gasteiger partial charge in [-0.15, -0.1) is 0 Å². The number of ether oxygens (including phenoxy) is 2. The molecule has 166 valence electrons. The molecular formula is C25H19ClN2O5. The monoisotopic (exact) mass is 462 g/mol. The highest BCUT2D eigenvalue weighted by Gasteiger charge is 2.39. The molecule has 4 rings (SSSR count). The fourth-order valence-corrected chi connectivity index (χ4v) is 3.39. The maximum Gasteiger partial charge on any atom is 0.338 e. The summed E-state index contributed by atoms with van der Waals surface area (Å²) in [5, 5.41) is 2.65. The minimum absolute atomic E-state index is 0.0461. The van der Waals surface area contributed by atoms with Crippen molar-refractivity contribution in [2.24, 2.45) is 0 Å². The molecule has 0 bridgehead atoms. The van der Waals surface area contributed by atoms with Gasteiger partial charge in [0.1, 0.15) is 22.2 Å². The fraction of sp³-hybridized carbons (Fsp3) is 0.0800. The van der Waals surface area contributed by atoms with Gasteiger partial charge >= 0.3 is 5.97 Å². The van der Waals surface area contributed by atoms with Gasteiger partial charge in [0.05, 0.1) is 17.9 Å². The van der Waals surface area contributed by atoms with Gasteiger partial charge in [0.15, 0.2) is 0 Å². The van der Waals surface area contributed by atoms with Gasteiger partial charge in [-0.25, -0.2) is 9.69 Å². The van der Waals surface area contributed by atoms with Crippen molar-refractivity contribution in [1.82, 2.24) is 0 Å². The number of hydrogen-bond acceptors (Lipinski definition) is 6. The van der Waals surface area contributed by atoms with Gasteiger partial charge in [0.2, 0.25) is 0 Å². The van der Waals surface area contributed by atoms with Crippen LogP contribution in [0.2, 0.25) is 0 Å². The predicted molar refractivity (Wildman–Crippen MR) is 124 cm³/mol. The number of hydrogen-bond donors (Lipinski definition) is 1. The van der Waals surface area contributed by atoms with Crippen LogP contribution in [-0.2, 0) is 14.3 Å². The van der Waals surface area contributed by atoms with Crippen LogP contribution in [-0.4, -0.2) is 24.4 Å². The number of carbonyl (C=O) groups is 3. The number of benzene rings is 3. The summed E-state index contributed by atoms with van der Waals surface area (Å²) in [6, 6.07) is 22.1. The van der Waals surface area contributed by atoms with Crippen LogP contribution in [0.25, 0.3) is 0 Å². The molecule has 0 fully saturated rings. The second kappa shape index (κ2) is 9.58. The van der Waals surface area contributed by atoms with E-state index in [-0.39, 0.29) is 17.3 Å². The molecule has 1 aliphatic rings. The highest BCUT2D eigenvalue weighted by molar-refractivity contribution is 6.53. The molecule has 0 aromatic heterocycles. The first-order chi connectivity index (χ1) is 16.0. The third-order valence-corrected chi connectivity index (χ3v) is 5.12. The lowest BCUT2D eigenvalue weighted by Gasteiger charge is -2.16. The van der Waals surface area contributed by atoms with Crippen LogP contribution in [0.5, 0.6) is 11.5 Å². The van der Waals surface area contributed by atoms with E-state index < -0.39 is 17.8 Å². The molecule has 0 radical (unpaired) electrons. The van der Waals surface area contributed by atoms with E-state index in [2.05, 4.69) is 5.32 Å². The van der Waals surface area contributed by atoms with Gasteiger partial charge in [-0.2, -0.15) is 0 Å². The van der Waals surface area contributed by atoms with E-state index in [4.69, 9.17) is 21.1 Å². The molecule has 0 spiro atoms. The maximum atomic E-state index is 13.0. The molecular weight excluding hydrogens is 444 g/mol. The molecule has 0 unspecified atom stereocenters. The van der Waals surface area contributed by atoms with Crippen molar-refractivity contribution in [2.45, 2.75) is 6.92 Å². The van der Waals surface area contributed by atoms with Crippen LogP contribution in [0.1, 0.15) is 17.3 Å². The Labute approximate surface area is 195 Å². The topological polar surface area (TPSA) is 84.9 Å². The lowest BCUT2D eigenvalue weighted by Crippen LogP contribution is -2.32. The van der Waals surface area contributed by atoms with E-state index in [1.54, 1.807) is 55.5 Å². The number of nitrogens with zero attached hydrogens (tertiary/aromatic N) is 1. The van der Waals surface area contributed by atoms with Crippen LogP contribution >= 0.6 is 11.6 Å². The fourth-order valence-electron chi connectivity index (χ4n) is 3.18. The SMILES string of the molecule is CCOC(=O)c1ccc(NC2=C(Cl)C(=O)N(c3ccc(Oc4ccccc4)cc3)C2=O)cc1. The van der Waals surface area contributed by atoms with Gasteiger partial charge in [-0.1, -0.05) is 29.8 Å². The van der Waals surface area contributed by atoms with E-state index >= 15 is 0 Å². The standard InChI is InChI=1S/C25H19ClN2O5/c1-2-32-25(31)16-8-10-17(11-9-16)27-22-21(26)23(29)28(24(22)30)18-12-14-20(15-13-18)33-19-6-4-3-5-7-19/h3-15,27H,2H2,1H3. The lowest BCUT2D eigenvalue weighted by molar-refractivity contribution is -0.120. The second-order valence-corrected chi connectivity index (χ2v) is 7.34. The number of carbonyl (C=O) groups excluding carboxylic acids is 3. The molecule has 0 saturated heterocycles. The Kier molecular flexibility index (Phi) is 6.42. The highest BCUT2D eigenvalue weighted by Crippen LogP contribution is 2.32. The lowest BCUT2D eigenvalue weighted by atomic mass is 10.2. The van der Waals surface area contributed by atoms with E-state index in [1.807, 2.05) is 30.3 Å². The van der Waals surface area contributed by atoms with Crippen molar-refractivity contribution >= 4 is 40.8 Å². The van der Waals surface area contributed by atoms with E-state index in [9.17, 15) is 14.4 Å². The van der Waals surface area contributed by atoms with Crippen LogP contribution < -0.4 is 15.0 Å². The maximum absolute atomic E-state index is 13.0. The number of esters is 1. The molecule has 7 nitrogen and oxygen atoms in total. The van der Waals surface area contributed by atoms with Gasteiger partial charge in [-0.05, 0) is 67.6 Å². The zero-order valence-electron chi connectivity index (χ0n) is 17.6. The summed E-state index contributed by atoms with van der Waals surface area (Å²) in [6.07, 6.45) is 0. The van der Waals surface area contributed by atoms with Crippen LogP contribution in [0.3, 0.4) is 0 Å². The van der Waals surface area contributed by atoms with E-state index in [0.717, 1.165) is 4.90 Å². The number of imide groups is 1. The quantitative estimate of drug-likeness (QED) is 0.389. The molecule has 1 aliphatic heterocycles. The third-order valence-electron chi connectivity index (χ3n) is 4.77. The summed E-state index contributed by atoms with van der Waals surface area (Å²) in [4.78, 5) is 38.4. The zero-order valence-corrected chi connectivity index (χ0v) is 18.3. The Balaban J connectivity index is 1.48. The van der Waals surface area contributed by atoms with Crippen molar-refractivity contribution in [3.8, 4) is 11.5 Å². The molecule has 0 aliphatic carbocycles. The highest BCUT2D eigenvalue weighted by atomic mass is 35.5. The minimum Gasteiger partial charge on any atom is -0.462 e. The van der Waals surface area contributed by atoms with Crippen LogP contribution in [0, 0.1) is 0 Å². The number of halogens is 1. The Morgan fingerprint density at radius 3 is 2.15 bits per heavy atom. The summed E-state index contributed by atoms with van der Waals surface area (Å²) in [6.45, 7) is 1.99. The number of rotatable bonds is 7. The third kappa shape index (κ3) is 4.73. The summed E-state index contributed by atoms with van der Waals surface area (Å²) >= 11 is 6.19. The minimum atomic E-state index is -0.635. The second-order valence-electron chi connectivity index (χ2n) is 6.97. The Hall–Kier alpha value is -4.10. The van der Waals surface area contributed by atoms with Crippen molar-refractivity contribution in [2.75, 3.05) is 16.8 Å². The van der Waals surface area contributed by atoms with Gasteiger partial charge in [-0.3, -0.25) is 9.59 Å². The largest absolute Gasteiger partial charge is 0.462 e. The molecule has 0 saturated carbocycles. The first-order valence-electron chi connectivity index (χ1n) is 10.1. The van der Waals surface area contributed by atoms with Crippen molar-refractivity contribution in [3.63, 3.8) is 0 Å². The molecule has 1 N–H and O–H groups in total. The van der Waals surface area contributed by atoms with Crippen LogP contribution in [0.4, 0.5) is 11.4 Å².